The SMILES string of the molecule is O=C(O)CNC(=O)CC1CS(=O)(=O)CCN1. The highest BCUT2D eigenvalue weighted by molar-refractivity contribution is 7.91. The van der Waals surface area contributed by atoms with Crippen LogP contribution in [-0.4, -0.2) is 56.0 Å². The topological polar surface area (TPSA) is 113 Å². The highest BCUT2D eigenvalue weighted by Gasteiger charge is 2.25. The number of aliphatic carboxylic acids is 1. The number of carboxylic acid groups (broad SMARTS) is 1. The molecule has 0 aliphatic carbocycles. The Labute approximate surface area is 93.1 Å². The zero-order chi connectivity index (χ0) is 12.2. The van der Waals surface area contributed by atoms with E-state index < -0.39 is 34.3 Å². The zero-order valence-electron chi connectivity index (χ0n) is 8.60. The van der Waals surface area contributed by atoms with Crippen LogP contribution in [0.2, 0.25) is 0 Å². The van der Waals surface area contributed by atoms with Crippen LogP contribution in [0.15, 0.2) is 0 Å². The summed E-state index contributed by atoms with van der Waals surface area (Å²) in [7, 11) is -3.07. The van der Waals surface area contributed by atoms with Crippen LogP contribution in [0.3, 0.4) is 0 Å². The van der Waals surface area contributed by atoms with E-state index in [9.17, 15) is 18.0 Å². The number of hydrogen-bond donors (Lipinski definition) is 3. The van der Waals surface area contributed by atoms with Crippen LogP contribution < -0.4 is 10.6 Å². The average molecular weight is 250 g/mol. The number of amides is 1. The Morgan fingerprint density at radius 1 is 1.44 bits per heavy atom. The van der Waals surface area contributed by atoms with Crippen molar-refractivity contribution in [1.29, 1.82) is 0 Å². The fourth-order valence-corrected chi connectivity index (χ4v) is 2.91. The van der Waals surface area contributed by atoms with Gasteiger partial charge in [-0.2, -0.15) is 0 Å². The number of carbonyl (C=O) groups is 2. The van der Waals surface area contributed by atoms with E-state index >= 15 is 0 Å². The molecule has 1 unspecified atom stereocenters. The molecule has 1 saturated heterocycles. The van der Waals surface area contributed by atoms with E-state index in [-0.39, 0.29) is 17.9 Å². The lowest BCUT2D eigenvalue weighted by atomic mass is 10.2. The summed E-state index contributed by atoms with van der Waals surface area (Å²) in [6.07, 6.45) is -0.0213. The first-order valence-corrected chi connectivity index (χ1v) is 6.63. The average Bonchev–Trinajstić information content (AvgIpc) is 2.13. The van der Waals surface area contributed by atoms with E-state index in [1.165, 1.54) is 0 Å². The maximum atomic E-state index is 11.2. The van der Waals surface area contributed by atoms with Gasteiger partial charge in [0, 0.05) is 19.0 Å². The van der Waals surface area contributed by atoms with Crippen molar-refractivity contribution in [2.45, 2.75) is 12.5 Å². The summed E-state index contributed by atoms with van der Waals surface area (Å²) < 4.78 is 22.5. The molecule has 0 radical (unpaired) electrons. The Bertz CT molecular complexity index is 378. The van der Waals surface area contributed by atoms with Crippen LogP contribution >= 0.6 is 0 Å². The molecule has 92 valence electrons. The molecule has 0 bridgehead atoms. The Hall–Kier alpha value is -1.15. The molecular weight excluding hydrogens is 236 g/mol. The lowest BCUT2D eigenvalue weighted by Gasteiger charge is -2.22. The monoisotopic (exact) mass is 250 g/mol. The van der Waals surface area contributed by atoms with Gasteiger partial charge in [0.2, 0.25) is 5.91 Å². The largest absolute Gasteiger partial charge is 0.480 e. The maximum absolute atomic E-state index is 11.2. The van der Waals surface area contributed by atoms with Crippen LogP contribution in [0.4, 0.5) is 0 Å². The van der Waals surface area contributed by atoms with Gasteiger partial charge >= 0.3 is 5.97 Å². The molecule has 0 aromatic heterocycles. The first kappa shape index (κ1) is 12.9. The lowest BCUT2D eigenvalue weighted by Crippen LogP contribution is -2.47. The van der Waals surface area contributed by atoms with Crippen LogP contribution in [0, 0.1) is 0 Å². The molecule has 1 heterocycles. The van der Waals surface area contributed by atoms with Gasteiger partial charge in [-0.1, -0.05) is 0 Å². The van der Waals surface area contributed by atoms with Crippen molar-refractivity contribution >= 4 is 21.7 Å². The minimum absolute atomic E-state index is 0.0213. The molecule has 1 fully saturated rings. The van der Waals surface area contributed by atoms with E-state index in [1.54, 1.807) is 0 Å². The number of rotatable bonds is 4. The van der Waals surface area contributed by atoms with Gasteiger partial charge in [-0.3, -0.25) is 9.59 Å². The highest BCUT2D eigenvalue weighted by atomic mass is 32.2. The lowest BCUT2D eigenvalue weighted by molar-refractivity contribution is -0.138. The Morgan fingerprint density at radius 2 is 2.12 bits per heavy atom. The molecule has 8 heteroatoms. The normalized spacial score (nSPS) is 23.6. The summed E-state index contributed by atoms with van der Waals surface area (Å²) in [5.41, 5.74) is 0. The van der Waals surface area contributed by atoms with Gasteiger partial charge in [0.25, 0.3) is 0 Å². The number of nitrogens with one attached hydrogen (secondary N) is 2. The smallest absolute Gasteiger partial charge is 0.322 e. The summed E-state index contributed by atoms with van der Waals surface area (Å²) in [6.45, 7) is -0.114. The second-order valence-corrected chi connectivity index (χ2v) is 5.87. The molecular formula is C8H14N2O5S. The van der Waals surface area contributed by atoms with Gasteiger partial charge in [-0.15, -0.1) is 0 Å². The third-order valence-corrected chi connectivity index (χ3v) is 3.91. The summed E-state index contributed by atoms with van der Waals surface area (Å²) in [5, 5.41) is 13.4. The molecule has 1 aliphatic heterocycles. The van der Waals surface area contributed by atoms with Gasteiger partial charge in [0.1, 0.15) is 6.54 Å². The van der Waals surface area contributed by atoms with E-state index in [0.717, 1.165) is 0 Å². The zero-order valence-corrected chi connectivity index (χ0v) is 9.42. The van der Waals surface area contributed by atoms with E-state index in [4.69, 9.17) is 5.11 Å². The first-order valence-electron chi connectivity index (χ1n) is 4.81. The van der Waals surface area contributed by atoms with Crippen molar-refractivity contribution < 1.29 is 23.1 Å². The molecule has 0 saturated carbocycles. The van der Waals surface area contributed by atoms with Crippen molar-refractivity contribution in [3.8, 4) is 0 Å². The fraction of sp³-hybridized carbons (Fsp3) is 0.750. The standard InChI is InChI=1S/C8H14N2O5S/c11-7(10-4-8(12)13)3-6-5-16(14,15)2-1-9-6/h6,9H,1-5H2,(H,10,11)(H,12,13). The number of sulfone groups is 1. The maximum Gasteiger partial charge on any atom is 0.322 e. The molecule has 1 atom stereocenters. The van der Waals surface area contributed by atoms with Crippen molar-refractivity contribution in [2.75, 3.05) is 24.6 Å². The minimum Gasteiger partial charge on any atom is -0.480 e. The van der Waals surface area contributed by atoms with E-state index in [0.29, 0.717) is 6.54 Å². The van der Waals surface area contributed by atoms with Crippen molar-refractivity contribution in [3.05, 3.63) is 0 Å². The molecule has 1 amide bonds. The van der Waals surface area contributed by atoms with Crippen LogP contribution in [0.5, 0.6) is 0 Å². The van der Waals surface area contributed by atoms with Crippen LogP contribution in [0.1, 0.15) is 6.42 Å². The van der Waals surface area contributed by atoms with Gasteiger partial charge < -0.3 is 15.7 Å². The molecule has 0 aromatic carbocycles. The summed E-state index contributed by atoms with van der Waals surface area (Å²) in [6, 6.07) is -0.424. The number of carbonyl (C=O) groups excluding carboxylic acids is 1. The van der Waals surface area contributed by atoms with Crippen molar-refractivity contribution in [2.24, 2.45) is 0 Å². The molecule has 1 aliphatic rings. The van der Waals surface area contributed by atoms with E-state index in [2.05, 4.69) is 10.6 Å². The summed E-state index contributed by atoms with van der Waals surface area (Å²) in [5.74, 6) is -1.58. The number of hydrogen-bond acceptors (Lipinski definition) is 5. The van der Waals surface area contributed by atoms with Crippen LogP contribution in [-0.2, 0) is 19.4 Å². The predicted molar refractivity (Wildman–Crippen MR) is 55.7 cm³/mol. The molecule has 0 aromatic rings. The van der Waals surface area contributed by atoms with Gasteiger partial charge in [0.05, 0.1) is 11.5 Å². The Morgan fingerprint density at radius 3 is 2.69 bits per heavy atom. The quantitative estimate of drug-likeness (QED) is 0.530. The molecule has 0 spiro atoms. The van der Waals surface area contributed by atoms with Gasteiger partial charge in [0.15, 0.2) is 9.84 Å². The van der Waals surface area contributed by atoms with Crippen molar-refractivity contribution in [3.63, 3.8) is 0 Å². The Kier molecular flexibility index (Phi) is 4.25. The molecule has 3 N–H and O–H groups in total. The first-order chi connectivity index (χ1) is 7.39. The molecule has 7 nitrogen and oxygen atoms in total. The van der Waals surface area contributed by atoms with Crippen molar-refractivity contribution in [1.82, 2.24) is 10.6 Å². The van der Waals surface area contributed by atoms with Crippen LogP contribution in [0.25, 0.3) is 0 Å². The summed E-state index contributed by atoms with van der Waals surface area (Å²) >= 11 is 0. The summed E-state index contributed by atoms with van der Waals surface area (Å²) in [4.78, 5) is 21.4. The predicted octanol–water partition coefficient (Wildman–Crippen LogP) is -2.04. The number of carboxylic acids is 1. The second-order valence-electron chi connectivity index (χ2n) is 3.64. The molecule has 16 heavy (non-hydrogen) atoms. The highest BCUT2D eigenvalue weighted by Crippen LogP contribution is 2.04. The fourth-order valence-electron chi connectivity index (χ4n) is 1.47. The minimum atomic E-state index is -3.07. The third kappa shape index (κ3) is 4.58. The molecule has 1 rings (SSSR count). The van der Waals surface area contributed by atoms with Gasteiger partial charge in [-0.25, -0.2) is 8.42 Å². The Balaban J connectivity index is 2.36. The van der Waals surface area contributed by atoms with E-state index in [1.807, 2.05) is 0 Å². The third-order valence-electron chi connectivity index (χ3n) is 2.17. The second kappa shape index (κ2) is 5.26. The van der Waals surface area contributed by atoms with Gasteiger partial charge in [-0.05, 0) is 0 Å².